The maximum atomic E-state index is 12.9. The van der Waals surface area contributed by atoms with E-state index in [9.17, 15) is 9.90 Å². The largest absolute Gasteiger partial charge is 0.457 e. The molecule has 1 N–H and O–H groups in total. The molecule has 1 aliphatic heterocycles. The molecule has 1 saturated heterocycles. The Labute approximate surface area is 321 Å². The minimum Gasteiger partial charge on any atom is -0.457 e. The van der Waals surface area contributed by atoms with Crippen molar-refractivity contribution in [2.45, 2.75) is 221 Å². The van der Waals surface area contributed by atoms with Gasteiger partial charge in [0.05, 0.1) is 30.0 Å². The second-order valence-corrected chi connectivity index (χ2v) is 30.3. The maximum absolute atomic E-state index is 12.9. The van der Waals surface area contributed by atoms with Crippen LogP contribution in [0.15, 0.2) is 0 Å². The van der Waals surface area contributed by atoms with E-state index in [2.05, 4.69) is 90.0 Å². The average Bonchev–Trinajstić information content (AvgIpc) is 3.73. The molecule has 2 spiro atoms. The van der Waals surface area contributed by atoms with E-state index in [1.807, 2.05) is 0 Å². The van der Waals surface area contributed by atoms with E-state index in [4.69, 9.17) is 18.3 Å². The van der Waals surface area contributed by atoms with E-state index in [1.54, 1.807) is 6.92 Å². The molecule has 13 atom stereocenters. The maximum Gasteiger partial charge on any atom is 0.303 e. The van der Waals surface area contributed by atoms with Gasteiger partial charge in [-0.15, -0.1) is 0 Å². The van der Waals surface area contributed by atoms with Crippen molar-refractivity contribution in [3.8, 4) is 0 Å². The summed E-state index contributed by atoms with van der Waals surface area (Å²) in [6, 6.07) is 6.53. The first-order valence-electron chi connectivity index (χ1n) is 22.1. The predicted molar refractivity (Wildman–Crippen MR) is 216 cm³/mol. The van der Waals surface area contributed by atoms with Gasteiger partial charge in [0.2, 0.25) is 0 Å². The Morgan fingerprint density at radius 1 is 0.846 bits per heavy atom. The Hall–Kier alpha value is -0.256. The third kappa shape index (κ3) is 5.64. The van der Waals surface area contributed by atoms with E-state index in [0.717, 1.165) is 49.1 Å². The molecule has 0 aromatic heterocycles. The molecule has 52 heavy (non-hydrogen) atoms. The molecule has 0 aromatic carbocycles. The number of hydrogen-bond acceptors (Lipinski definition) is 6. The van der Waals surface area contributed by atoms with Crippen LogP contribution in [0.2, 0.25) is 36.3 Å². The van der Waals surface area contributed by atoms with Gasteiger partial charge in [-0.25, -0.2) is 0 Å². The van der Waals surface area contributed by atoms with Crippen molar-refractivity contribution < 1.29 is 28.2 Å². The number of rotatable bonds is 13. The van der Waals surface area contributed by atoms with Crippen molar-refractivity contribution in [1.29, 1.82) is 0 Å². The fraction of sp³-hybridized carbons (Fsp3) is 0.977. The van der Waals surface area contributed by atoms with Gasteiger partial charge >= 0.3 is 5.97 Å². The van der Waals surface area contributed by atoms with E-state index in [-0.39, 0.29) is 46.6 Å². The molecule has 5 saturated carbocycles. The van der Waals surface area contributed by atoms with E-state index >= 15 is 0 Å². The summed E-state index contributed by atoms with van der Waals surface area (Å²) in [5, 5.41) is 11.3. The van der Waals surface area contributed by atoms with Gasteiger partial charge in [0.25, 0.3) is 0 Å². The molecule has 0 bridgehead atoms. The smallest absolute Gasteiger partial charge is 0.303 e. The van der Waals surface area contributed by atoms with Crippen molar-refractivity contribution in [2.75, 3.05) is 0 Å². The van der Waals surface area contributed by atoms with Gasteiger partial charge in [0.15, 0.2) is 22.7 Å². The normalized spacial score (nSPS) is 44.4. The van der Waals surface area contributed by atoms with Crippen LogP contribution in [0, 0.1) is 50.7 Å². The molecule has 6 rings (SSSR count). The lowest BCUT2D eigenvalue weighted by Crippen LogP contribution is -2.61. The summed E-state index contributed by atoms with van der Waals surface area (Å²) < 4.78 is 29.2. The molecule has 6 fully saturated rings. The Morgan fingerprint density at radius 3 is 1.96 bits per heavy atom. The minimum atomic E-state index is -2.05. The van der Waals surface area contributed by atoms with Crippen molar-refractivity contribution in [3.05, 3.63) is 0 Å². The van der Waals surface area contributed by atoms with Crippen LogP contribution < -0.4 is 0 Å². The molecule has 0 aromatic rings. The minimum absolute atomic E-state index is 0.0200. The van der Waals surface area contributed by atoms with E-state index in [0.29, 0.717) is 34.5 Å². The number of aliphatic hydroxyl groups is 1. The summed E-state index contributed by atoms with van der Waals surface area (Å²) in [6.45, 7) is 32.4. The summed E-state index contributed by atoms with van der Waals surface area (Å²) in [7, 11) is -4.07. The van der Waals surface area contributed by atoms with Crippen molar-refractivity contribution in [2.24, 2.45) is 50.7 Å². The monoisotopic (exact) mass is 761 g/mol. The second kappa shape index (κ2) is 13.7. The molecular weight excluding hydrogens is 681 g/mol. The summed E-state index contributed by atoms with van der Waals surface area (Å²) in [5.41, 5.74) is 0.0913. The fourth-order valence-corrected chi connectivity index (χ4v) is 21.5. The van der Waals surface area contributed by atoms with Crippen molar-refractivity contribution in [3.63, 3.8) is 0 Å². The number of ether oxygens (including phenoxy) is 2. The molecule has 1 heterocycles. The van der Waals surface area contributed by atoms with E-state index < -0.39 is 28.3 Å². The van der Waals surface area contributed by atoms with Crippen molar-refractivity contribution in [1.82, 2.24) is 0 Å². The fourth-order valence-electron chi connectivity index (χ4n) is 15.4. The zero-order valence-corrected chi connectivity index (χ0v) is 38.1. The first-order chi connectivity index (χ1) is 24.2. The molecule has 8 heteroatoms. The third-order valence-corrected chi connectivity index (χ3v) is 28.3. The van der Waals surface area contributed by atoms with Crippen LogP contribution in [0.3, 0.4) is 0 Å². The van der Waals surface area contributed by atoms with Gasteiger partial charge in [-0.3, -0.25) is 4.79 Å². The average molecular weight is 761 g/mol. The SMILES string of the molecule is CC[Si](CC)(CC)O[C@H]1[C@H]2O[C@@H]([C@H](OC(C)=O)C(C)(C)O[Si](CC)(CC)CC)C[C@@H](C)[C@@H]2[C@@]2(C)CC[C@@]34C[C@@]35CCC(O)C(C)(C)[C@H]5CC[C@H]4[C@]12C. The van der Waals surface area contributed by atoms with Gasteiger partial charge in [0, 0.05) is 12.3 Å². The van der Waals surface area contributed by atoms with Gasteiger partial charge in [-0.1, -0.05) is 76.2 Å². The Morgan fingerprint density at radius 2 is 1.40 bits per heavy atom. The van der Waals surface area contributed by atoms with Crippen LogP contribution in [0.1, 0.15) is 148 Å². The number of aliphatic hydroxyl groups excluding tert-OH is 1. The van der Waals surface area contributed by atoms with Gasteiger partial charge in [0.1, 0.15) is 0 Å². The zero-order chi connectivity index (χ0) is 38.5. The molecule has 1 unspecified atom stereocenters. The number of carbonyl (C=O) groups is 1. The lowest BCUT2D eigenvalue weighted by Gasteiger charge is -2.64. The lowest BCUT2D eigenvalue weighted by atomic mass is 9.41. The molecule has 6 nitrogen and oxygen atoms in total. The number of hydrogen-bond donors (Lipinski definition) is 1. The highest BCUT2D eigenvalue weighted by Crippen LogP contribution is 2.89. The molecular formula is C44H80O6Si2. The Bertz CT molecular complexity index is 1310. The second-order valence-electron chi connectivity index (χ2n) is 20.9. The molecule has 5 aliphatic carbocycles. The number of fused-ring (bicyclic) bond motifs is 4. The van der Waals surface area contributed by atoms with E-state index in [1.165, 1.54) is 38.5 Å². The first-order valence-corrected chi connectivity index (χ1v) is 27.2. The van der Waals surface area contributed by atoms with Crippen LogP contribution in [-0.2, 0) is 23.1 Å². The highest BCUT2D eigenvalue weighted by molar-refractivity contribution is 6.74. The van der Waals surface area contributed by atoms with Gasteiger partial charge < -0.3 is 23.4 Å². The van der Waals surface area contributed by atoms with Crippen LogP contribution in [0.5, 0.6) is 0 Å². The zero-order valence-electron chi connectivity index (χ0n) is 36.1. The van der Waals surface area contributed by atoms with Crippen LogP contribution in [-0.4, -0.2) is 63.8 Å². The summed E-state index contributed by atoms with van der Waals surface area (Å²) >= 11 is 0. The predicted octanol–water partition coefficient (Wildman–Crippen LogP) is 10.9. The summed E-state index contributed by atoms with van der Waals surface area (Å²) in [4.78, 5) is 12.9. The van der Waals surface area contributed by atoms with Crippen LogP contribution in [0.4, 0.5) is 0 Å². The Balaban J connectivity index is 1.43. The number of carbonyl (C=O) groups excluding carboxylic acids is 1. The quantitative estimate of drug-likeness (QED) is 0.149. The standard InChI is InChI=1S/C44H80O6Si2/c1-15-51(16-2,17-3)49-38-36-35(29(7)27-31(48-36)37(47-30(8)45)40(11,12)50-52(18-4,19-5)20-6)41(13)25-26-44-28-43(44)24-23-34(46)39(9,10)32(43)21-22-33(44)42(38,41)14/h29,31-38,46H,15-28H2,1-14H3/t29-,31-,32-,33+,34?,35+,36+,37+,38+,41-,42-,43-,44+/m1/s1. The molecule has 6 aliphatic rings. The number of esters is 1. The summed E-state index contributed by atoms with van der Waals surface area (Å²) in [5.74, 6) is 1.74. The molecule has 0 amide bonds. The first kappa shape index (κ1) is 41.4. The highest BCUT2D eigenvalue weighted by atomic mass is 28.4. The van der Waals surface area contributed by atoms with Crippen molar-refractivity contribution >= 4 is 22.6 Å². The molecule has 300 valence electrons. The topological polar surface area (TPSA) is 74.2 Å². The highest BCUT2D eigenvalue weighted by Gasteiger charge is 2.85. The summed E-state index contributed by atoms with van der Waals surface area (Å²) in [6.07, 6.45) is 8.41. The molecule has 0 radical (unpaired) electrons. The Kier molecular flexibility index (Phi) is 10.9. The van der Waals surface area contributed by atoms with Crippen LogP contribution in [0.25, 0.3) is 0 Å². The van der Waals surface area contributed by atoms with Gasteiger partial charge in [-0.2, -0.15) is 0 Å². The van der Waals surface area contributed by atoms with Crippen LogP contribution >= 0.6 is 0 Å². The lowest BCUT2D eigenvalue weighted by molar-refractivity contribution is -0.212. The van der Waals surface area contributed by atoms with Gasteiger partial charge in [-0.05, 0) is 147 Å². The third-order valence-electron chi connectivity index (χ3n) is 18.8.